The maximum absolute atomic E-state index is 7.60. The normalized spacial score (nSPS) is 14.6. The number of rotatable bonds is 10. The largest absolute Gasteiger partial charge is 0.457 e. The predicted octanol–water partition coefficient (Wildman–Crippen LogP) is 26.8. The fourth-order valence-corrected chi connectivity index (χ4v) is 15.8. The standard InChI is InChI=1S/C91H92N2O2S/c1-85(2,3)57-27-29-63(30-28-57)91(64-41-53-70(54-42-64)94-69-51-39-62(40-52-69)90(16,17)18)73-55-75(92(65-43-31-58(32-44-65)86(4,5)6)66-45-33-59(34-46-66)87(7,8)9)83-79(71-23-19-21-25-77(71)95-83)81(73)82-74(91)56-76(84-80(82)72-24-20-22-26-78(72)96-84)93(67-47-35-60(36-48-67)88(10,11)12)68-49-37-61(38-50-68)89(13,14)15/h19-56H,1-18H3. The number of anilines is 6. The van der Waals surface area contributed by atoms with Crippen LogP contribution in [0.1, 0.15) is 180 Å². The van der Waals surface area contributed by atoms with Gasteiger partial charge in [-0.05, 0) is 196 Å². The Morgan fingerprint density at radius 2 is 0.656 bits per heavy atom. The smallest absolute Gasteiger partial charge is 0.160 e. The predicted molar refractivity (Wildman–Crippen MR) is 412 cm³/mol. The number of ether oxygens (including phenoxy) is 1. The molecule has 0 saturated heterocycles. The summed E-state index contributed by atoms with van der Waals surface area (Å²) < 4.78 is 16.9. The zero-order valence-electron chi connectivity index (χ0n) is 59.6. The molecule has 0 spiro atoms. The fourth-order valence-electron chi connectivity index (χ4n) is 14.6. The van der Waals surface area contributed by atoms with E-state index in [9.17, 15) is 0 Å². The molecule has 0 amide bonds. The number of fused-ring (bicyclic) bond motifs is 11. The van der Waals surface area contributed by atoms with E-state index >= 15 is 0 Å². The maximum atomic E-state index is 7.60. The van der Waals surface area contributed by atoms with Gasteiger partial charge in [-0.15, -0.1) is 11.3 Å². The molecule has 1 atom stereocenters. The topological polar surface area (TPSA) is 28.9 Å². The molecule has 0 fully saturated rings. The molecule has 96 heavy (non-hydrogen) atoms. The molecule has 2 heterocycles. The van der Waals surface area contributed by atoms with Crippen LogP contribution in [-0.4, -0.2) is 0 Å². The third-order valence-corrected chi connectivity index (χ3v) is 21.4. The lowest BCUT2D eigenvalue weighted by atomic mass is 9.67. The summed E-state index contributed by atoms with van der Waals surface area (Å²) in [5.74, 6) is 1.57. The highest BCUT2D eigenvalue weighted by molar-refractivity contribution is 7.26. The van der Waals surface area contributed by atoms with Crippen LogP contribution >= 0.6 is 11.3 Å². The molecule has 0 saturated carbocycles. The lowest BCUT2D eigenvalue weighted by Gasteiger charge is -2.36. The van der Waals surface area contributed by atoms with E-state index in [2.05, 4.69) is 365 Å². The van der Waals surface area contributed by atoms with Gasteiger partial charge >= 0.3 is 0 Å². The molecule has 11 aromatic carbocycles. The summed E-state index contributed by atoms with van der Waals surface area (Å²) in [6, 6.07) is 87.5. The van der Waals surface area contributed by atoms with Crippen molar-refractivity contribution in [3.05, 3.63) is 286 Å². The molecular formula is C91H92N2O2S. The summed E-state index contributed by atoms with van der Waals surface area (Å²) in [6.07, 6.45) is 0. The Morgan fingerprint density at radius 3 is 1.07 bits per heavy atom. The summed E-state index contributed by atoms with van der Waals surface area (Å²) >= 11 is 1.89. The van der Waals surface area contributed by atoms with Gasteiger partial charge in [0, 0.05) is 49.0 Å². The Balaban J connectivity index is 1.17. The summed E-state index contributed by atoms with van der Waals surface area (Å²) in [5, 5.41) is 4.60. The molecule has 1 aliphatic carbocycles. The Kier molecular flexibility index (Phi) is 15.4. The van der Waals surface area contributed by atoms with Crippen LogP contribution < -0.4 is 14.5 Å². The number of hydrogen-bond donors (Lipinski definition) is 0. The van der Waals surface area contributed by atoms with Gasteiger partial charge in [0.05, 0.1) is 21.5 Å². The van der Waals surface area contributed by atoms with Crippen LogP contribution in [0.2, 0.25) is 0 Å². The molecular weight excluding hydrogens is 1190 g/mol. The van der Waals surface area contributed by atoms with Gasteiger partial charge in [-0.25, -0.2) is 0 Å². The Labute approximate surface area is 574 Å². The van der Waals surface area contributed by atoms with Crippen molar-refractivity contribution in [1.29, 1.82) is 0 Å². The summed E-state index contributed by atoms with van der Waals surface area (Å²) in [7, 11) is 0. The first-order chi connectivity index (χ1) is 45.4. The minimum absolute atomic E-state index is 0.0119. The van der Waals surface area contributed by atoms with Crippen molar-refractivity contribution in [2.24, 2.45) is 0 Å². The highest BCUT2D eigenvalue weighted by Crippen LogP contribution is 2.65. The van der Waals surface area contributed by atoms with Crippen molar-refractivity contribution in [2.75, 3.05) is 9.80 Å². The van der Waals surface area contributed by atoms with Gasteiger partial charge in [-0.3, -0.25) is 0 Å². The van der Waals surface area contributed by atoms with E-state index in [4.69, 9.17) is 9.15 Å². The number of para-hydroxylation sites is 1. The minimum atomic E-state index is -0.975. The zero-order chi connectivity index (χ0) is 67.8. The van der Waals surface area contributed by atoms with Crippen molar-refractivity contribution in [1.82, 2.24) is 0 Å². The Bertz CT molecular complexity index is 4700. The van der Waals surface area contributed by atoms with Crippen LogP contribution in [0.5, 0.6) is 11.5 Å². The summed E-state index contributed by atoms with van der Waals surface area (Å²) in [6.45, 7) is 41.3. The monoisotopic (exact) mass is 1280 g/mol. The van der Waals surface area contributed by atoms with E-state index < -0.39 is 5.41 Å². The number of thiophene rings is 1. The van der Waals surface area contributed by atoms with Gasteiger partial charge < -0.3 is 19.0 Å². The van der Waals surface area contributed by atoms with Crippen LogP contribution in [0.15, 0.2) is 235 Å². The fraction of sp³-hybridized carbons (Fsp3) is 0.275. The van der Waals surface area contributed by atoms with E-state index in [1.165, 1.54) is 75.8 Å². The molecule has 0 radical (unpaired) electrons. The highest BCUT2D eigenvalue weighted by Gasteiger charge is 2.50. The van der Waals surface area contributed by atoms with Crippen molar-refractivity contribution in [3.8, 4) is 22.6 Å². The number of nitrogens with zero attached hydrogens (tertiary/aromatic N) is 2. The second kappa shape index (κ2) is 23.0. The van der Waals surface area contributed by atoms with Crippen molar-refractivity contribution in [2.45, 2.75) is 163 Å². The molecule has 13 aromatic rings. The van der Waals surface area contributed by atoms with Gasteiger partial charge in [0.2, 0.25) is 0 Å². The first-order valence-electron chi connectivity index (χ1n) is 34.4. The van der Waals surface area contributed by atoms with Gasteiger partial charge in [-0.2, -0.15) is 0 Å². The van der Waals surface area contributed by atoms with Crippen molar-refractivity contribution in [3.63, 3.8) is 0 Å². The second-order valence-corrected chi connectivity index (χ2v) is 34.1. The average Bonchev–Trinajstić information content (AvgIpc) is 1.50. The van der Waals surface area contributed by atoms with Crippen LogP contribution in [0.3, 0.4) is 0 Å². The number of hydrogen-bond acceptors (Lipinski definition) is 5. The molecule has 14 rings (SSSR count). The van der Waals surface area contributed by atoms with Crippen molar-refractivity contribution < 1.29 is 9.15 Å². The summed E-state index contributed by atoms with van der Waals surface area (Å²) in [4.78, 5) is 5.02. The van der Waals surface area contributed by atoms with Crippen LogP contribution in [0.4, 0.5) is 34.1 Å². The Hall–Kier alpha value is -9.16. The maximum Gasteiger partial charge on any atom is 0.160 e. The lowest BCUT2D eigenvalue weighted by molar-refractivity contribution is 0.481. The number of furan rings is 1. The second-order valence-electron chi connectivity index (χ2n) is 33.1. The van der Waals surface area contributed by atoms with Crippen LogP contribution in [0.25, 0.3) is 53.2 Å². The van der Waals surface area contributed by atoms with Gasteiger partial charge in [0.1, 0.15) is 17.1 Å². The third-order valence-electron chi connectivity index (χ3n) is 20.2. The third kappa shape index (κ3) is 11.2. The Morgan fingerprint density at radius 1 is 0.333 bits per heavy atom. The molecule has 484 valence electrons. The molecule has 1 aliphatic rings. The van der Waals surface area contributed by atoms with Gasteiger partial charge in [-0.1, -0.05) is 258 Å². The van der Waals surface area contributed by atoms with E-state index in [1.807, 2.05) is 11.3 Å². The molecule has 4 nitrogen and oxygen atoms in total. The SMILES string of the molecule is CC(C)(C)c1ccc(Oc2ccc(C3(c4ccc(C(C)(C)C)cc4)c4cc(N(c5ccc(C(C)(C)C)cc5)c5ccc(C(C)(C)C)cc5)c5oc6ccccc6c5c4-c4c3cc(N(c3ccc(C(C)(C)C)cc3)c3ccc(C(C)(C)C)cc3)c3sc5ccccc5c43)cc2)cc1. The number of benzene rings is 11. The minimum Gasteiger partial charge on any atom is -0.457 e. The van der Waals surface area contributed by atoms with E-state index in [0.29, 0.717) is 0 Å². The zero-order valence-corrected chi connectivity index (χ0v) is 60.4. The molecule has 0 bridgehead atoms. The van der Waals surface area contributed by atoms with E-state index in [0.717, 1.165) is 78.7 Å². The first-order valence-corrected chi connectivity index (χ1v) is 35.2. The van der Waals surface area contributed by atoms with Crippen LogP contribution in [-0.2, 0) is 37.9 Å². The molecule has 1 unspecified atom stereocenters. The highest BCUT2D eigenvalue weighted by atomic mass is 32.1. The van der Waals surface area contributed by atoms with Gasteiger partial charge in [0.25, 0.3) is 0 Å². The molecule has 2 aromatic heterocycles. The van der Waals surface area contributed by atoms with E-state index in [-0.39, 0.29) is 32.5 Å². The van der Waals surface area contributed by atoms with Gasteiger partial charge in [0.15, 0.2) is 5.58 Å². The van der Waals surface area contributed by atoms with E-state index in [1.54, 1.807) is 0 Å². The molecule has 0 N–H and O–H groups in total. The van der Waals surface area contributed by atoms with Crippen molar-refractivity contribution >= 4 is 87.6 Å². The lowest BCUT2D eigenvalue weighted by Crippen LogP contribution is -2.29. The van der Waals surface area contributed by atoms with Crippen LogP contribution in [0, 0.1) is 0 Å². The average molecular weight is 1280 g/mol. The first kappa shape index (κ1) is 64.2. The molecule has 5 heteroatoms. The quantitative estimate of drug-likeness (QED) is 0.136. The summed E-state index contributed by atoms with van der Waals surface area (Å²) in [5.41, 5.74) is 21.4. The molecule has 0 aliphatic heterocycles.